The Bertz CT molecular complexity index is 833. The molecule has 1 amide bonds. The second kappa shape index (κ2) is 5.29. The first-order chi connectivity index (χ1) is 10.9. The first-order valence-corrected chi connectivity index (χ1v) is 6.83. The number of anilines is 1. The number of nitrogens with one attached hydrogen (secondary N) is 1. The number of rotatable bonds is 4. The van der Waals surface area contributed by atoms with E-state index in [1.54, 1.807) is 24.3 Å². The van der Waals surface area contributed by atoms with E-state index in [9.17, 15) is 24.8 Å². The van der Waals surface area contributed by atoms with E-state index in [4.69, 9.17) is 0 Å². The van der Waals surface area contributed by atoms with Crippen molar-refractivity contribution in [3.8, 4) is 0 Å². The molecule has 7 nitrogen and oxygen atoms in total. The number of hydrogen-bond acceptors (Lipinski definition) is 5. The summed E-state index contributed by atoms with van der Waals surface area (Å²) >= 11 is 0. The lowest BCUT2D eigenvalue weighted by molar-refractivity contribution is -0.384. The van der Waals surface area contributed by atoms with Gasteiger partial charge in [0.05, 0.1) is 11.3 Å². The van der Waals surface area contributed by atoms with Crippen molar-refractivity contribution >= 4 is 23.1 Å². The highest BCUT2D eigenvalue weighted by molar-refractivity contribution is 6.09. The summed E-state index contributed by atoms with van der Waals surface area (Å²) in [5, 5.41) is 24.0. The van der Waals surface area contributed by atoms with Crippen LogP contribution in [-0.2, 0) is 10.4 Å². The summed E-state index contributed by atoms with van der Waals surface area (Å²) in [6.45, 7) is 0. The number of Topliss-reactive ketones (excluding diaryl/α,β-unsaturated/α-hetero) is 1. The zero-order chi connectivity index (χ0) is 16.6. The summed E-state index contributed by atoms with van der Waals surface area (Å²) < 4.78 is 0. The predicted molar refractivity (Wildman–Crippen MR) is 81.0 cm³/mol. The number of non-ortho nitro benzene ring substituents is 1. The Kier molecular flexibility index (Phi) is 3.42. The lowest BCUT2D eigenvalue weighted by Gasteiger charge is -2.19. The summed E-state index contributed by atoms with van der Waals surface area (Å²) in [6.07, 6.45) is -0.489. The molecule has 0 spiro atoms. The van der Waals surface area contributed by atoms with Gasteiger partial charge in [-0.2, -0.15) is 0 Å². The highest BCUT2D eigenvalue weighted by Gasteiger charge is 2.46. The number of amides is 1. The summed E-state index contributed by atoms with van der Waals surface area (Å²) in [4.78, 5) is 34.6. The number of carbonyl (C=O) groups is 2. The van der Waals surface area contributed by atoms with Crippen molar-refractivity contribution in [2.45, 2.75) is 12.0 Å². The average molecular weight is 312 g/mol. The molecule has 2 N–H and O–H groups in total. The van der Waals surface area contributed by atoms with Crippen molar-refractivity contribution < 1.29 is 19.6 Å². The number of ketones is 1. The third kappa shape index (κ3) is 2.47. The summed E-state index contributed by atoms with van der Waals surface area (Å²) in [5.41, 5.74) is -1.35. The Hall–Kier alpha value is -3.06. The van der Waals surface area contributed by atoms with Crippen molar-refractivity contribution in [1.82, 2.24) is 0 Å². The van der Waals surface area contributed by atoms with Gasteiger partial charge in [0, 0.05) is 28.9 Å². The molecule has 3 rings (SSSR count). The van der Waals surface area contributed by atoms with Crippen LogP contribution in [0.25, 0.3) is 0 Å². The maximum Gasteiger partial charge on any atom is 0.270 e. The third-order valence-corrected chi connectivity index (χ3v) is 3.79. The van der Waals surface area contributed by atoms with Crippen molar-refractivity contribution in [3.05, 3.63) is 69.8 Å². The Morgan fingerprint density at radius 1 is 1.22 bits per heavy atom. The quantitative estimate of drug-likeness (QED) is 0.510. The van der Waals surface area contributed by atoms with Gasteiger partial charge in [-0.05, 0) is 6.07 Å². The molecule has 1 aliphatic rings. The molecule has 0 saturated heterocycles. The third-order valence-electron chi connectivity index (χ3n) is 3.79. The fourth-order valence-corrected chi connectivity index (χ4v) is 2.60. The zero-order valence-corrected chi connectivity index (χ0v) is 11.9. The highest BCUT2D eigenvalue weighted by atomic mass is 16.6. The number of fused-ring (bicyclic) bond motifs is 1. The number of hydrogen-bond donors (Lipinski definition) is 2. The van der Waals surface area contributed by atoms with E-state index in [-0.39, 0.29) is 11.3 Å². The molecule has 116 valence electrons. The number of aliphatic hydroxyl groups is 1. The van der Waals surface area contributed by atoms with Crippen LogP contribution in [0, 0.1) is 10.1 Å². The zero-order valence-electron chi connectivity index (χ0n) is 11.9. The molecule has 7 heteroatoms. The topological polar surface area (TPSA) is 110 Å². The van der Waals surface area contributed by atoms with Crippen LogP contribution in [0.5, 0.6) is 0 Å². The van der Waals surface area contributed by atoms with Crippen LogP contribution in [0.15, 0.2) is 48.5 Å². The van der Waals surface area contributed by atoms with Crippen LogP contribution in [-0.4, -0.2) is 21.7 Å². The smallest absolute Gasteiger partial charge is 0.270 e. The number of nitro groups is 1. The molecule has 0 radical (unpaired) electrons. The lowest BCUT2D eigenvalue weighted by Crippen LogP contribution is -2.36. The molecule has 23 heavy (non-hydrogen) atoms. The molecule has 0 fully saturated rings. The van der Waals surface area contributed by atoms with Gasteiger partial charge in [-0.25, -0.2) is 0 Å². The van der Waals surface area contributed by atoms with Gasteiger partial charge in [0.2, 0.25) is 0 Å². The minimum Gasteiger partial charge on any atom is -0.375 e. The van der Waals surface area contributed by atoms with Crippen LogP contribution < -0.4 is 5.32 Å². The molecule has 1 heterocycles. The second-order valence-corrected chi connectivity index (χ2v) is 5.27. The summed E-state index contributed by atoms with van der Waals surface area (Å²) in [7, 11) is 0. The summed E-state index contributed by atoms with van der Waals surface area (Å²) in [6, 6.07) is 11.7. The minimum absolute atomic E-state index is 0.0739. The second-order valence-electron chi connectivity index (χ2n) is 5.27. The Morgan fingerprint density at radius 3 is 2.70 bits per heavy atom. The Labute approximate surface area is 130 Å². The summed E-state index contributed by atoms with van der Waals surface area (Å²) in [5.74, 6) is -1.24. The molecule has 0 saturated carbocycles. The monoisotopic (exact) mass is 312 g/mol. The molecule has 1 atom stereocenters. The van der Waals surface area contributed by atoms with E-state index in [1.165, 1.54) is 18.2 Å². The van der Waals surface area contributed by atoms with Crippen LogP contribution in [0.1, 0.15) is 22.3 Å². The molecule has 0 aromatic heterocycles. The van der Waals surface area contributed by atoms with E-state index in [1.807, 2.05) is 0 Å². The van der Waals surface area contributed by atoms with E-state index in [2.05, 4.69) is 5.32 Å². The highest BCUT2D eigenvalue weighted by Crippen LogP contribution is 2.38. The van der Waals surface area contributed by atoms with Gasteiger partial charge < -0.3 is 10.4 Å². The molecule has 0 bridgehead atoms. The first kappa shape index (κ1) is 14.9. The van der Waals surface area contributed by atoms with Gasteiger partial charge in [0.1, 0.15) is 0 Å². The fourth-order valence-electron chi connectivity index (χ4n) is 2.60. The molecule has 0 aliphatic carbocycles. The van der Waals surface area contributed by atoms with Crippen LogP contribution >= 0.6 is 0 Å². The Morgan fingerprint density at radius 2 is 1.96 bits per heavy atom. The molecule has 1 aliphatic heterocycles. The van der Waals surface area contributed by atoms with E-state index < -0.39 is 28.6 Å². The lowest BCUT2D eigenvalue weighted by atomic mass is 9.88. The van der Waals surface area contributed by atoms with Gasteiger partial charge >= 0.3 is 0 Å². The number of carbonyl (C=O) groups excluding carboxylic acids is 2. The van der Waals surface area contributed by atoms with Gasteiger partial charge in [-0.3, -0.25) is 19.7 Å². The SMILES string of the molecule is O=C(C[C@]1(O)C(=O)Nc2ccccc21)c1cccc([N+](=O)[O-])c1. The van der Waals surface area contributed by atoms with E-state index >= 15 is 0 Å². The average Bonchev–Trinajstić information content (AvgIpc) is 2.79. The van der Waals surface area contributed by atoms with Crippen LogP contribution in [0.3, 0.4) is 0 Å². The van der Waals surface area contributed by atoms with Gasteiger partial charge in [-0.15, -0.1) is 0 Å². The maximum atomic E-state index is 12.4. The molecular weight excluding hydrogens is 300 g/mol. The number of benzene rings is 2. The minimum atomic E-state index is -1.97. The normalized spacial score (nSPS) is 19.1. The van der Waals surface area contributed by atoms with Crippen molar-refractivity contribution in [3.63, 3.8) is 0 Å². The number of nitrogens with zero attached hydrogens (tertiary/aromatic N) is 1. The van der Waals surface area contributed by atoms with E-state index in [0.29, 0.717) is 11.3 Å². The largest absolute Gasteiger partial charge is 0.375 e. The Balaban J connectivity index is 1.92. The first-order valence-electron chi connectivity index (χ1n) is 6.83. The predicted octanol–water partition coefficient (Wildman–Crippen LogP) is 2.01. The van der Waals surface area contributed by atoms with E-state index in [0.717, 1.165) is 6.07 Å². The standard InChI is InChI=1S/C16H12N2O5/c19-14(10-4-3-5-11(8-10)18(22)23)9-16(21)12-6-1-2-7-13(12)17-15(16)20/h1-8,21H,9H2,(H,17,20)/t16-/m1/s1. The molecule has 0 unspecified atom stereocenters. The maximum absolute atomic E-state index is 12.4. The van der Waals surface area contributed by atoms with Crippen molar-refractivity contribution in [2.75, 3.05) is 5.32 Å². The van der Waals surface area contributed by atoms with Crippen molar-refractivity contribution in [2.24, 2.45) is 0 Å². The molecule has 2 aromatic rings. The van der Waals surface area contributed by atoms with Crippen LogP contribution in [0.4, 0.5) is 11.4 Å². The van der Waals surface area contributed by atoms with Gasteiger partial charge in [-0.1, -0.05) is 30.3 Å². The van der Waals surface area contributed by atoms with Crippen LogP contribution in [0.2, 0.25) is 0 Å². The number of para-hydroxylation sites is 1. The molecule has 2 aromatic carbocycles. The van der Waals surface area contributed by atoms with Gasteiger partial charge in [0.25, 0.3) is 11.6 Å². The fraction of sp³-hybridized carbons (Fsp3) is 0.125. The van der Waals surface area contributed by atoms with Gasteiger partial charge in [0.15, 0.2) is 11.4 Å². The molecular formula is C16H12N2O5. The van der Waals surface area contributed by atoms with Crippen molar-refractivity contribution in [1.29, 1.82) is 0 Å². The number of nitro benzene ring substituents is 1.